The summed E-state index contributed by atoms with van der Waals surface area (Å²) in [6, 6.07) is 4.44. The summed E-state index contributed by atoms with van der Waals surface area (Å²) in [6.45, 7) is 7.06. The van der Waals surface area contributed by atoms with Gasteiger partial charge in [-0.2, -0.15) is 9.97 Å². The number of nitrogens with one attached hydrogen (secondary N) is 2. The first-order chi connectivity index (χ1) is 13.9. The zero-order valence-corrected chi connectivity index (χ0v) is 17.2. The molecule has 0 aliphatic carbocycles. The molecule has 1 unspecified atom stereocenters. The fourth-order valence-electron chi connectivity index (χ4n) is 2.86. The van der Waals surface area contributed by atoms with Crippen molar-refractivity contribution in [3.63, 3.8) is 0 Å². The molecule has 1 atom stereocenters. The Kier molecular flexibility index (Phi) is 6.23. The average molecular weight is 421 g/mol. The van der Waals surface area contributed by atoms with Gasteiger partial charge in [-0.05, 0) is 32.9 Å². The maximum absolute atomic E-state index is 11.6. The van der Waals surface area contributed by atoms with Crippen LogP contribution in [0.1, 0.15) is 20.8 Å². The van der Waals surface area contributed by atoms with Gasteiger partial charge in [-0.25, -0.2) is 4.57 Å². The van der Waals surface area contributed by atoms with Gasteiger partial charge in [-0.3, -0.25) is 15.1 Å². The average Bonchev–Trinajstić information content (AvgIpc) is 3.00. The van der Waals surface area contributed by atoms with Crippen LogP contribution in [-0.2, 0) is 5.85 Å². The summed E-state index contributed by atoms with van der Waals surface area (Å²) in [5.74, 6) is -0.717. The van der Waals surface area contributed by atoms with Crippen molar-refractivity contribution in [2.75, 3.05) is 36.1 Å². The van der Waals surface area contributed by atoms with Crippen LogP contribution < -0.4 is 21.0 Å². The van der Waals surface area contributed by atoms with Gasteiger partial charge in [0.1, 0.15) is 11.4 Å². The van der Waals surface area contributed by atoms with Gasteiger partial charge in [0.15, 0.2) is 5.16 Å². The van der Waals surface area contributed by atoms with E-state index in [0.717, 1.165) is 0 Å². The Morgan fingerprint density at radius 1 is 1.41 bits per heavy atom. The summed E-state index contributed by atoms with van der Waals surface area (Å²) < 4.78 is 6.80. The Hall–Kier alpha value is -2.86. The first-order valence-electron chi connectivity index (χ1n) is 9.22. The highest BCUT2D eigenvalue weighted by Gasteiger charge is 2.40. The van der Waals surface area contributed by atoms with E-state index in [4.69, 9.17) is 4.74 Å². The molecule has 0 saturated heterocycles. The number of nitro groups is 1. The Labute approximate surface area is 171 Å². The molecule has 0 bridgehead atoms. The second-order valence-electron chi connectivity index (χ2n) is 6.07. The predicted octanol–water partition coefficient (Wildman–Crippen LogP) is 1.76. The third-order valence-electron chi connectivity index (χ3n) is 4.02. The summed E-state index contributed by atoms with van der Waals surface area (Å²) in [5, 5.41) is 29.3. The summed E-state index contributed by atoms with van der Waals surface area (Å²) >= 11 is 1.30. The van der Waals surface area contributed by atoms with Crippen LogP contribution >= 0.6 is 11.8 Å². The molecule has 0 radical (unpaired) electrons. The van der Waals surface area contributed by atoms with E-state index >= 15 is 0 Å². The molecule has 1 aliphatic heterocycles. The van der Waals surface area contributed by atoms with E-state index in [1.54, 1.807) is 13.0 Å². The van der Waals surface area contributed by atoms with Gasteiger partial charge in [0.25, 0.3) is 5.69 Å². The van der Waals surface area contributed by atoms with Crippen LogP contribution in [0.4, 0.5) is 17.3 Å². The lowest BCUT2D eigenvalue weighted by Crippen LogP contribution is -2.48. The maximum atomic E-state index is 11.6. The van der Waals surface area contributed by atoms with Crippen molar-refractivity contribution in [3.05, 3.63) is 33.9 Å². The number of fused-ring (bicyclic) bond motifs is 1. The van der Waals surface area contributed by atoms with E-state index in [1.165, 1.54) is 28.5 Å². The van der Waals surface area contributed by atoms with Crippen molar-refractivity contribution in [1.29, 1.82) is 0 Å². The first kappa shape index (κ1) is 20.9. The minimum atomic E-state index is -1.68. The van der Waals surface area contributed by atoms with Gasteiger partial charge >= 0.3 is 0 Å². The largest absolute Gasteiger partial charge is 0.494 e. The number of nitrogens with zero attached hydrogens (tertiary/aromatic N) is 5. The van der Waals surface area contributed by atoms with E-state index in [1.807, 2.05) is 13.8 Å². The van der Waals surface area contributed by atoms with Gasteiger partial charge in [0, 0.05) is 13.1 Å². The third-order valence-corrected chi connectivity index (χ3v) is 5.10. The monoisotopic (exact) mass is 421 g/mol. The van der Waals surface area contributed by atoms with Crippen molar-refractivity contribution in [2.45, 2.75) is 31.8 Å². The molecule has 1 aliphatic rings. The van der Waals surface area contributed by atoms with Gasteiger partial charge in [-0.15, -0.1) is 0 Å². The molecule has 1 aromatic carbocycles. The highest BCUT2D eigenvalue weighted by atomic mass is 32.2. The van der Waals surface area contributed by atoms with Crippen molar-refractivity contribution >= 4 is 29.1 Å². The van der Waals surface area contributed by atoms with Crippen molar-refractivity contribution in [1.82, 2.24) is 14.5 Å². The molecule has 2 aromatic rings. The molecule has 11 nitrogen and oxygen atoms in total. The number of thioether (sulfide) groups is 1. The van der Waals surface area contributed by atoms with Crippen molar-refractivity contribution in [2.24, 2.45) is 4.99 Å². The molecule has 0 saturated carbocycles. The predicted molar refractivity (Wildman–Crippen MR) is 109 cm³/mol. The number of rotatable bonds is 8. The second kappa shape index (κ2) is 8.66. The first-order valence-corrected chi connectivity index (χ1v) is 10.2. The van der Waals surface area contributed by atoms with E-state index in [9.17, 15) is 15.2 Å². The van der Waals surface area contributed by atoms with E-state index in [2.05, 4.69) is 25.6 Å². The van der Waals surface area contributed by atoms with Crippen LogP contribution in [0.2, 0.25) is 0 Å². The summed E-state index contributed by atoms with van der Waals surface area (Å²) in [5.41, 5.74) is 0.227. The maximum Gasteiger partial charge on any atom is 0.296 e. The lowest BCUT2D eigenvalue weighted by atomic mass is 10.2. The van der Waals surface area contributed by atoms with Crippen LogP contribution in [0.25, 0.3) is 0 Å². The van der Waals surface area contributed by atoms with Crippen LogP contribution in [0.15, 0.2) is 28.3 Å². The smallest absolute Gasteiger partial charge is 0.296 e. The van der Waals surface area contributed by atoms with Gasteiger partial charge < -0.3 is 20.5 Å². The topological polar surface area (TPSA) is 140 Å². The lowest BCUT2D eigenvalue weighted by Gasteiger charge is -2.27. The van der Waals surface area contributed by atoms with Gasteiger partial charge in [-0.1, -0.05) is 11.8 Å². The Morgan fingerprint density at radius 3 is 2.86 bits per heavy atom. The molecule has 2 heterocycles. The molecule has 3 rings (SSSR count). The molecular weight excluding hydrogens is 398 g/mol. The van der Waals surface area contributed by atoms with Gasteiger partial charge in [0.05, 0.1) is 23.3 Å². The van der Waals surface area contributed by atoms with E-state index in [-0.39, 0.29) is 22.7 Å². The number of aliphatic hydroxyl groups is 1. The minimum Gasteiger partial charge on any atom is -0.494 e. The number of anilines is 2. The number of nitro benzene ring substituents is 1. The van der Waals surface area contributed by atoms with Crippen LogP contribution in [-0.4, -0.2) is 50.0 Å². The molecule has 0 amide bonds. The fraction of sp³-hybridized carbons (Fsp3) is 0.471. The molecule has 0 spiro atoms. The standard InChI is InChI=1S/C17H23N7O4S/c1-4-18-14-20-15(19-5-2)23-16(21-14)29-10-17(23,25)22-12-8-7-11(28-6-3)9-13(12)24(26)27/h7-9,22,25H,4-6,10H2,1-3H3,(H,18,19,20). The molecular formula is C17H23N7O4S. The number of aromatic nitrogens is 3. The third kappa shape index (κ3) is 4.27. The summed E-state index contributed by atoms with van der Waals surface area (Å²) in [4.78, 5) is 24.2. The van der Waals surface area contributed by atoms with E-state index in [0.29, 0.717) is 36.6 Å². The minimum absolute atomic E-state index is 0.153. The van der Waals surface area contributed by atoms with E-state index < -0.39 is 10.8 Å². The number of ether oxygens (including phenoxy) is 1. The summed E-state index contributed by atoms with van der Waals surface area (Å²) in [6.07, 6.45) is 0. The second-order valence-corrected chi connectivity index (χ2v) is 7.01. The SMILES string of the molecule is CCN=c1nc(NCC)nc2n1C(O)(Nc1ccc(OCC)cc1[N+](=O)[O-])CS2. The Balaban J connectivity index is 2.05. The van der Waals surface area contributed by atoms with Crippen molar-refractivity contribution < 1.29 is 14.8 Å². The quantitative estimate of drug-likeness (QED) is 0.330. The molecule has 1 aromatic heterocycles. The number of benzene rings is 1. The summed E-state index contributed by atoms with van der Waals surface area (Å²) in [7, 11) is 0. The molecule has 156 valence electrons. The zero-order valence-electron chi connectivity index (χ0n) is 16.4. The van der Waals surface area contributed by atoms with Crippen LogP contribution in [0, 0.1) is 10.1 Å². The Bertz CT molecular complexity index is 981. The normalized spacial score (nSPS) is 18.4. The highest BCUT2D eigenvalue weighted by molar-refractivity contribution is 7.99. The van der Waals surface area contributed by atoms with Gasteiger partial charge in [0.2, 0.25) is 17.4 Å². The number of hydrogen-bond acceptors (Lipinski definition) is 10. The van der Waals surface area contributed by atoms with Crippen LogP contribution in [0.3, 0.4) is 0 Å². The molecule has 29 heavy (non-hydrogen) atoms. The molecule has 3 N–H and O–H groups in total. The van der Waals surface area contributed by atoms with Crippen molar-refractivity contribution in [3.8, 4) is 5.75 Å². The zero-order chi connectivity index (χ0) is 21.0. The lowest BCUT2D eigenvalue weighted by molar-refractivity contribution is -0.384. The molecule has 12 heteroatoms. The van der Waals surface area contributed by atoms with Crippen LogP contribution in [0.5, 0.6) is 5.75 Å². The fourth-order valence-corrected chi connectivity index (χ4v) is 3.91. The highest BCUT2D eigenvalue weighted by Crippen LogP contribution is 2.37. The molecule has 0 fully saturated rings. The number of hydrogen-bond donors (Lipinski definition) is 3. The Morgan fingerprint density at radius 2 is 2.21 bits per heavy atom.